The Labute approximate surface area is 108 Å². The minimum atomic E-state index is -0.0226. The molecule has 0 amide bonds. The van der Waals surface area contributed by atoms with Crippen LogP contribution >= 0.6 is 0 Å². The molecule has 0 aliphatic carbocycles. The minimum absolute atomic E-state index is 0.0226. The standard InChI is InChI=1S/C14H21N3O/c1-4-8-14(2)10-16-13(15)17(14)11-6-5-7-12(9-11)18-3/h5-7,9H,4,8,10H2,1-3H3,(H2,15,16). The molecule has 1 aliphatic rings. The first-order valence-electron chi connectivity index (χ1n) is 6.35. The van der Waals surface area contributed by atoms with Crippen LogP contribution in [0.4, 0.5) is 5.69 Å². The van der Waals surface area contributed by atoms with Crippen LogP contribution in [0.1, 0.15) is 26.7 Å². The van der Waals surface area contributed by atoms with E-state index in [1.54, 1.807) is 7.11 Å². The molecule has 0 fully saturated rings. The highest BCUT2D eigenvalue weighted by atomic mass is 16.5. The first kappa shape index (κ1) is 12.7. The van der Waals surface area contributed by atoms with Crippen molar-refractivity contribution in [3.8, 4) is 5.75 Å². The largest absolute Gasteiger partial charge is 0.497 e. The number of anilines is 1. The van der Waals surface area contributed by atoms with Gasteiger partial charge in [0.25, 0.3) is 0 Å². The topological polar surface area (TPSA) is 50.8 Å². The maximum absolute atomic E-state index is 6.04. The molecular formula is C14H21N3O. The minimum Gasteiger partial charge on any atom is -0.497 e. The van der Waals surface area contributed by atoms with E-state index >= 15 is 0 Å². The molecule has 18 heavy (non-hydrogen) atoms. The van der Waals surface area contributed by atoms with Crippen molar-refractivity contribution in [1.29, 1.82) is 0 Å². The van der Waals surface area contributed by atoms with Crippen molar-refractivity contribution in [3.63, 3.8) is 0 Å². The molecule has 0 saturated carbocycles. The van der Waals surface area contributed by atoms with Crippen LogP contribution in [0, 0.1) is 0 Å². The van der Waals surface area contributed by atoms with Crippen molar-refractivity contribution in [1.82, 2.24) is 0 Å². The van der Waals surface area contributed by atoms with Crippen molar-refractivity contribution in [2.75, 3.05) is 18.6 Å². The van der Waals surface area contributed by atoms with Gasteiger partial charge in [-0.15, -0.1) is 0 Å². The highest BCUT2D eigenvalue weighted by Crippen LogP contribution is 2.33. The second-order valence-corrected chi connectivity index (χ2v) is 4.96. The molecular weight excluding hydrogens is 226 g/mol. The summed E-state index contributed by atoms with van der Waals surface area (Å²) in [5.41, 5.74) is 7.07. The average Bonchev–Trinajstić information content (AvgIpc) is 2.66. The molecule has 1 aromatic rings. The van der Waals surface area contributed by atoms with Crippen LogP contribution in [0.2, 0.25) is 0 Å². The van der Waals surface area contributed by atoms with Gasteiger partial charge in [-0.3, -0.25) is 4.99 Å². The summed E-state index contributed by atoms with van der Waals surface area (Å²) < 4.78 is 5.27. The van der Waals surface area contributed by atoms with Crippen LogP contribution in [0.15, 0.2) is 29.3 Å². The molecule has 2 N–H and O–H groups in total. The van der Waals surface area contributed by atoms with E-state index in [1.807, 2.05) is 24.3 Å². The molecule has 98 valence electrons. The average molecular weight is 247 g/mol. The number of rotatable bonds is 4. The Bertz CT molecular complexity index is 458. The lowest BCUT2D eigenvalue weighted by molar-refractivity contribution is 0.414. The molecule has 1 unspecified atom stereocenters. The van der Waals surface area contributed by atoms with Crippen LogP contribution in [-0.2, 0) is 0 Å². The Morgan fingerprint density at radius 3 is 2.94 bits per heavy atom. The number of aliphatic imine (C=N–C) groups is 1. The maximum atomic E-state index is 6.04. The van der Waals surface area contributed by atoms with Gasteiger partial charge in [-0.25, -0.2) is 0 Å². The second kappa shape index (κ2) is 4.88. The van der Waals surface area contributed by atoms with E-state index in [-0.39, 0.29) is 5.54 Å². The van der Waals surface area contributed by atoms with Gasteiger partial charge in [0.2, 0.25) is 0 Å². The van der Waals surface area contributed by atoms with E-state index < -0.39 is 0 Å². The van der Waals surface area contributed by atoms with E-state index in [2.05, 4.69) is 23.7 Å². The predicted octanol–water partition coefficient (Wildman–Crippen LogP) is 2.39. The Morgan fingerprint density at radius 1 is 1.50 bits per heavy atom. The normalized spacial score (nSPS) is 23.1. The molecule has 4 heteroatoms. The third-order valence-electron chi connectivity index (χ3n) is 3.45. The van der Waals surface area contributed by atoms with Gasteiger partial charge in [0.1, 0.15) is 5.75 Å². The summed E-state index contributed by atoms with van der Waals surface area (Å²) in [6.45, 7) is 5.15. The van der Waals surface area contributed by atoms with Crippen molar-refractivity contribution in [3.05, 3.63) is 24.3 Å². The van der Waals surface area contributed by atoms with Gasteiger partial charge in [0, 0.05) is 11.8 Å². The summed E-state index contributed by atoms with van der Waals surface area (Å²) in [6.07, 6.45) is 2.17. The lowest BCUT2D eigenvalue weighted by Gasteiger charge is -2.36. The zero-order chi connectivity index (χ0) is 13.2. The number of methoxy groups -OCH3 is 1. The van der Waals surface area contributed by atoms with Crippen LogP contribution in [0.25, 0.3) is 0 Å². The molecule has 4 nitrogen and oxygen atoms in total. The fourth-order valence-electron chi connectivity index (χ4n) is 2.59. The molecule has 0 radical (unpaired) electrons. The van der Waals surface area contributed by atoms with E-state index in [0.717, 1.165) is 30.8 Å². The van der Waals surface area contributed by atoms with E-state index in [1.165, 1.54) is 0 Å². The first-order valence-corrected chi connectivity index (χ1v) is 6.35. The molecule has 1 aromatic carbocycles. The Hall–Kier alpha value is -1.71. The number of nitrogens with two attached hydrogens (primary N) is 1. The molecule has 1 atom stereocenters. The highest BCUT2D eigenvalue weighted by molar-refractivity contribution is 5.98. The third-order valence-corrected chi connectivity index (χ3v) is 3.45. The molecule has 1 aliphatic heterocycles. The van der Waals surface area contributed by atoms with Crippen molar-refractivity contribution >= 4 is 11.6 Å². The first-order chi connectivity index (χ1) is 8.60. The second-order valence-electron chi connectivity index (χ2n) is 4.96. The summed E-state index contributed by atoms with van der Waals surface area (Å²) in [7, 11) is 1.67. The summed E-state index contributed by atoms with van der Waals surface area (Å²) in [6, 6.07) is 7.96. The van der Waals surface area contributed by atoms with Crippen LogP contribution in [0.5, 0.6) is 5.75 Å². The molecule has 0 spiro atoms. The highest BCUT2D eigenvalue weighted by Gasteiger charge is 2.38. The SMILES string of the molecule is CCCC1(C)CN=C(N)N1c1cccc(OC)c1. The molecule has 0 aromatic heterocycles. The smallest absolute Gasteiger partial charge is 0.196 e. The lowest BCUT2D eigenvalue weighted by atomic mass is 9.94. The van der Waals surface area contributed by atoms with Gasteiger partial charge in [0.05, 0.1) is 19.2 Å². The van der Waals surface area contributed by atoms with Gasteiger partial charge >= 0.3 is 0 Å². The van der Waals surface area contributed by atoms with Gasteiger partial charge in [0.15, 0.2) is 5.96 Å². The quantitative estimate of drug-likeness (QED) is 0.888. The zero-order valence-corrected chi connectivity index (χ0v) is 11.3. The van der Waals surface area contributed by atoms with Gasteiger partial charge in [-0.1, -0.05) is 19.4 Å². The fraction of sp³-hybridized carbons (Fsp3) is 0.500. The molecule has 0 bridgehead atoms. The van der Waals surface area contributed by atoms with Crippen molar-refractivity contribution in [2.45, 2.75) is 32.2 Å². The van der Waals surface area contributed by atoms with Crippen LogP contribution in [0.3, 0.4) is 0 Å². The van der Waals surface area contributed by atoms with Gasteiger partial charge in [-0.05, 0) is 25.5 Å². The van der Waals surface area contributed by atoms with E-state index in [4.69, 9.17) is 10.5 Å². The number of benzene rings is 1. The van der Waals surface area contributed by atoms with Crippen LogP contribution < -0.4 is 15.4 Å². The van der Waals surface area contributed by atoms with Crippen molar-refractivity contribution in [2.24, 2.45) is 10.7 Å². The Balaban J connectivity index is 2.36. The van der Waals surface area contributed by atoms with E-state index in [9.17, 15) is 0 Å². The number of nitrogens with zero attached hydrogens (tertiary/aromatic N) is 2. The van der Waals surface area contributed by atoms with Crippen LogP contribution in [-0.4, -0.2) is 25.2 Å². The number of hydrogen-bond donors (Lipinski definition) is 1. The van der Waals surface area contributed by atoms with E-state index in [0.29, 0.717) is 5.96 Å². The summed E-state index contributed by atoms with van der Waals surface area (Å²) in [5.74, 6) is 1.44. The molecule has 2 rings (SSSR count). The Morgan fingerprint density at radius 2 is 2.28 bits per heavy atom. The molecule has 1 heterocycles. The third kappa shape index (κ3) is 2.15. The summed E-state index contributed by atoms with van der Waals surface area (Å²) in [5, 5.41) is 0. The van der Waals surface area contributed by atoms with Gasteiger partial charge in [-0.2, -0.15) is 0 Å². The summed E-state index contributed by atoms with van der Waals surface area (Å²) in [4.78, 5) is 6.52. The van der Waals surface area contributed by atoms with Gasteiger partial charge < -0.3 is 15.4 Å². The van der Waals surface area contributed by atoms with Crippen molar-refractivity contribution < 1.29 is 4.74 Å². The maximum Gasteiger partial charge on any atom is 0.196 e. The number of ether oxygens (including phenoxy) is 1. The number of hydrogen-bond acceptors (Lipinski definition) is 4. The Kier molecular flexibility index (Phi) is 3.45. The monoisotopic (exact) mass is 247 g/mol. The zero-order valence-electron chi connectivity index (χ0n) is 11.3. The molecule has 0 saturated heterocycles. The fourth-order valence-corrected chi connectivity index (χ4v) is 2.59. The lowest BCUT2D eigenvalue weighted by Crippen LogP contribution is -2.49. The number of guanidine groups is 1. The summed E-state index contributed by atoms with van der Waals surface area (Å²) >= 11 is 0. The predicted molar refractivity (Wildman–Crippen MR) is 75.3 cm³/mol.